The second-order valence-electron chi connectivity index (χ2n) is 4.62. The monoisotopic (exact) mass is 264 g/mol. The molecule has 0 fully saturated rings. The molecule has 1 N–H and O–H groups in total. The van der Waals surface area contributed by atoms with Gasteiger partial charge in [-0.2, -0.15) is 4.98 Å². The molecule has 0 aliphatic heterocycles. The lowest BCUT2D eigenvalue weighted by Gasteiger charge is -2.11. The van der Waals surface area contributed by atoms with Gasteiger partial charge in [0.2, 0.25) is 5.89 Å². The molecule has 19 heavy (non-hydrogen) atoms. The van der Waals surface area contributed by atoms with E-state index in [2.05, 4.69) is 10.1 Å². The van der Waals surface area contributed by atoms with E-state index in [9.17, 15) is 9.50 Å². The van der Waals surface area contributed by atoms with Crippen molar-refractivity contribution in [1.29, 1.82) is 0 Å². The maximum atomic E-state index is 12.8. The van der Waals surface area contributed by atoms with Crippen LogP contribution in [0.4, 0.5) is 4.39 Å². The van der Waals surface area contributed by atoms with Gasteiger partial charge in [-0.25, -0.2) is 4.39 Å². The average Bonchev–Trinajstić information content (AvgIpc) is 2.88. The first-order chi connectivity index (χ1) is 9.10. The Morgan fingerprint density at radius 1 is 1.32 bits per heavy atom. The second kappa shape index (κ2) is 5.93. The highest BCUT2D eigenvalue weighted by Gasteiger charge is 2.20. The molecule has 0 saturated carbocycles. The lowest BCUT2D eigenvalue weighted by Crippen LogP contribution is -2.14. The van der Waals surface area contributed by atoms with Crippen molar-refractivity contribution >= 4 is 0 Å². The molecule has 0 amide bonds. The van der Waals surface area contributed by atoms with Gasteiger partial charge in [-0.1, -0.05) is 31.1 Å². The van der Waals surface area contributed by atoms with Crippen molar-refractivity contribution in [1.82, 2.24) is 10.1 Å². The molecule has 2 rings (SSSR count). The van der Waals surface area contributed by atoms with Gasteiger partial charge in [0.15, 0.2) is 5.82 Å². The predicted octanol–water partition coefficient (Wildman–Crippen LogP) is 2.67. The van der Waals surface area contributed by atoms with Crippen molar-refractivity contribution < 1.29 is 14.0 Å². The molecule has 0 aliphatic rings. The lowest BCUT2D eigenvalue weighted by atomic mass is 10.0. The van der Waals surface area contributed by atoms with Gasteiger partial charge >= 0.3 is 0 Å². The second-order valence-corrected chi connectivity index (χ2v) is 4.62. The van der Waals surface area contributed by atoms with E-state index in [1.165, 1.54) is 12.1 Å². The van der Waals surface area contributed by atoms with Crippen LogP contribution in [0.2, 0.25) is 0 Å². The molecule has 2 unspecified atom stereocenters. The van der Waals surface area contributed by atoms with E-state index >= 15 is 0 Å². The number of rotatable bonds is 5. The number of aliphatic hydroxyl groups is 1. The summed E-state index contributed by atoms with van der Waals surface area (Å²) in [4.78, 5) is 4.27. The van der Waals surface area contributed by atoms with Crippen LogP contribution in [0.3, 0.4) is 0 Å². The van der Waals surface area contributed by atoms with Crippen molar-refractivity contribution in [2.24, 2.45) is 0 Å². The summed E-state index contributed by atoms with van der Waals surface area (Å²) in [6.07, 6.45) is 0.634. The first-order valence-corrected chi connectivity index (χ1v) is 6.35. The maximum Gasteiger partial charge on any atom is 0.232 e. The Hall–Kier alpha value is -1.75. The topological polar surface area (TPSA) is 59.2 Å². The van der Waals surface area contributed by atoms with Crippen LogP contribution in [0, 0.1) is 5.82 Å². The quantitative estimate of drug-likeness (QED) is 0.902. The van der Waals surface area contributed by atoms with Crippen LogP contribution >= 0.6 is 0 Å². The molecule has 0 radical (unpaired) electrons. The summed E-state index contributed by atoms with van der Waals surface area (Å²) in [5.74, 6) is 0.528. The van der Waals surface area contributed by atoms with Crippen molar-refractivity contribution in [3.63, 3.8) is 0 Å². The minimum absolute atomic E-state index is 0.181. The fourth-order valence-corrected chi connectivity index (χ4v) is 1.83. The number of aromatic nitrogens is 2. The van der Waals surface area contributed by atoms with Gasteiger partial charge < -0.3 is 9.63 Å². The highest BCUT2D eigenvalue weighted by atomic mass is 19.1. The Balaban J connectivity index is 2.07. The third kappa shape index (κ3) is 3.38. The molecule has 2 aromatic rings. The van der Waals surface area contributed by atoms with Crippen LogP contribution in [0.15, 0.2) is 28.8 Å². The number of hydrogen-bond donors (Lipinski definition) is 1. The zero-order chi connectivity index (χ0) is 13.8. The standard InChI is InChI=1S/C14H17FN2O2/c1-3-12(18)9(2)14-16-13(17-19-14)8-10-4-6-11(15)7-5-10/h4-7,9,12,18H,3,8H2,1-2H3. The molecule has 0 spiro atoms. The molecule has 102 valence electrons. The van der Waals surface area contributed by atoms with Gasteiger partial charge in [-0.05, 0) is 24.1 Å². The Labute approximate surface area is 111 Å². The molecule has 0 aliphatic carbocycles. The molecule has 2 atom stereocenters. The highest BCUT2D eigenvalue weighted by Crippen LogP contribution is 2.20. The van der Waals surface area contributed by atoms with E-state index in [0.29, 0.717) is 24.6 Å². The van der Waals surface area contributed by atoms with Gasteiger partial charge in [0, 0.05) is 6.42 Å². The fraction of sp³-hybridized carbons (Fsp3) is 0.429. The van der Waals surface area contributed by atoms with Crippen molar-refractivity contribution in [2.75, 3.05) is 0 Å². The molecular formula is C14H17FN2O2. The Bertz CT molecular complexity index is 524. The number of benzene rings is 1. The SMILES string of the molecule is CCC(O)C(C)c1nc(Cc2ccc(F)cc2)no1. The van der Waals surface area contributed by atoms with Crippen LogP contribution < -0.4 is 0 Å². The third-order valence-electron chi connectivity index (χ3n) is 3.14. The summed E-state index contributed by atoms with van der Waals surface area (Å²) in [5.41, 5.74) is 0.914. The largest absolute Gasteiger partial charge is 0.392 e. The molecule has 0 saturated heterocycles. The van der Waals surface area contributed by atoms with Gasteiger partial charge in [0.1, 0.15) is 5.82 Å². The summed E-state index contributed by atoms with van der Waals surface area (Å²) < 4.78 is 17.9. The summed E-state index contributed by atoms with van der Waals surface area (Å²) >= 11 is 0. The predicted molar refractivity (Wildman–Crippen MR) is 68.2 cm³/mol. The van der Waals surface area contributed by atoms with Gasteiger partial charge in [0.25, 0.3) is 0 Å². The fourth-order valence-electron chi connectivity index (χ4n) is 1.83. The Morgan fingerprint density at radius 2 is 2.00 bits per heavy atom. The zero-order valence-corrected chi connectivity index (χ0v) is 11.0. The van der Waals surface area contributed by atoms with E-state index < -0.39 is 6.10 Å². The van der Waals surface area contributed by atoms with Crippen LogP contribution in [-0.2, 0) is 6.42 Å². The van der Waals surface area contributed by atoms with Gasteiger partial charge in [-0.3, -0.25) is 0 Å². The number of hydrogen-bond acceptors (Lipinski definition) is 4. The zero-order valence-electron chi connectivity index (χ0n) is 11.0. The van der Waals surface area contributed by atoms with E-state index in [4.69, 9.17) is 4.52 Å². The van der Waals surface area contributed by atoms with E-state index in [-0.39, 0.29) is 11.7 Å². The first-order valence-electron chi connectivity index (χ1n) is 6.35. The Kier molecular flexibility index (Phi) is 4.27. The maximum absolute atomic E-state index is 12.8. The minimum atomic E-state index is -0.487. The lowest BCUT2D eigenvalue weighted by molar-refractivity contribution is 0.129. The van der Waals surface area contributed by atoms with Crippen LogP contribution in [0.25, 0.3) is 0 Å². The molecule has 5 heteroatoms. The normalized spacial score (nSPS) is 14.3. The third-order valence-corrected chi connectivity index (χ3v) is 3.14. The minimum Gasteiger partial charge on any atom is -0.392 e. The molecule has 1 aromatic heterocycles. The van der Waals surface area contributed by atoms with Gasteiger partial charge in [0.05, 0.1) is 12.0 Å². The van der Waals surface area contributed by atoms with E-state index in [0.717, 1.165) is 5.56 Å². The summed E-state index contributed by atoms with van der Waals surface area (Å²) in [5, 5.41) is 13.6. The van der Waals surface area contributed by atoms with Crippen molar-refractivity contribution in [2.45, 2.75) is 38.7 Å². The molecular weight excluding hydrogens is 247 g/mol. The number of halogens is 1. The molecule has 1 aromatic carbocycles. The van der Waals surface area contributed by atoms with Crippen LogP contribution in [0.1, 0.15) is 43.5 Å². The van der Waals surface area contributed by atoms with Crippen LogP contribution in [-0.4, -0.2) is 21.4 Å². The summed E-state index contributed by atoms with van der Waals surface area (Å²) in [6, 6.07) is 6.19. The summed E-state index contributed by atoms with van der Waals surface area (Å²) in [7, 11) is 0. The average molecular weight is 264 g/mol. The Morgan fingerprint density at radius 3 is 2.63 bits per heavy atom. The molecule has 0 bridgehead atoms. The first kappa shape index (κ1) is 13.7. The summed E-state index contributed by atoms with van der Waals surface area (Å²) in [6.45, 7) is 3.75. The van der Waals surface area contributed by atoms with Crippen molar-refractivity contribution in [3.8, 4) is 0 Å². The molecule has 1 heterocycles. The van der Waals surface area contributed by atoms with E-state index in [1.807, 2.05) is 13.8 Å². The molecule has 4 nitrogen and oxygen atoms in total. The van der Waals surface area contributed by atoms with Crippen LogP contribution in [0.5, 0.6) is 0 Å². The highest BCUT2D eigenvalue weighted by molar-refractivity contribution is 5.19. The number of nitrogens with zero attached hydrogens (tertiary/aromatic N) is 2. The smallest absolute Gasteiger partial charge is 0.232 e. The van der Waals surface area contributed by atoms with E-state index in [1.54, 1.807) is 12.1 Å². The van der Waals surface area contributed by atoms with Gasteiger partial charge in [-0.15, -0.1) is 0 Å². The number of aliphatic hydroxyl groups excluding tert-OH is 1. The van der Waals surface area contributed by atoms with Crippen molar-refractivity contribution in [3.05, 3.63) is 47.4 Å².